The molecule has 7 rings (SSSR count). The molecule has 1 amide bonds. The van der Waals surface area contributed by atoms with E-state index in [4.69, 9.17) is 4.74 Å². The van der Waals surface area contributed by atoms with E-state index in [9.17, 15) is 4.79 Å². The Morgan fingerprint density at radius 2 is 1.86 bits per heavy atom. The molecular formula is C30H29N5O2. The monoisotopic (exact) mass is 491 g/mol. The normalized spacial score (nSPS) is 22.6. The van der Waals surface area contributed by atoms with E-state index in [2.05, 4.69) is 80.3 Å². The number of carbonyl (C=O) groups excluding carboxylic acids is 1. The quantitative estimate of drug-likeness (QED) is 0.382. The van der Waals surface area contributed by atoms with Gasteiger partial charge < -0.3 is 20.3 Å². The van der Waals surface area contributed by atoms with Gasteiger partial charge in [0, 0.05) is 48.9 Å². The number of ether oxygens (including phenoxy) is 1. The molecule has 0 radical (unpaired) electrons. The van der Waals surface area contributed by atoms with E-state index < -0.39 is 5.41 Å². The predicted octanol–water partition coefficient (Wildman–Crippen LogP) is 4.53. The Labute approximate surface area is 215 Å². The van der Waals surface area contributed by atoms with Crippen LogP contribution in [0.4, 0.5) is 11.4 Å². The summed E-state index contributed by atoms with van der Waals surface area (Å²) in [6, 6.07) is 20.9. The first-order valence-corrected chi connectivity index (χ1v) is 12.9. The van der Waals surface area contributed by atoms with E-state index in [1.54, 1.807) is 7.11 Å². The number of anilines is 2. The summed E-state index contributed by atoms with van der Waals surface area (Å²) in [7, 11) is 1.66. The van der Waals surface area contributed by atoms with Gasteiger partial charge in [-0.05, 0) is 65.6 Å². The molecule has 7 heteroatoms. The Kier molecular flexibility index (Phi) is 5.08. The number of H-pyrrole nitrogens is 1. The number of nitrogens with zero attached hydrogens (tertiary/aromatic N) is 2. The van der Waals surface area contributed by atoms with E-state index >= 15 is 0 Å². The minimum Gasteiger partial charge on any atom is -0.497 e. The molecule has 2 fully saturated rings. The number of methoxy groups -OCH3 is 1. The van der Waals surface area contributed by atoms with Crippen molar-refractivity contribution in [2.75, 3.05) is 43.5 Å². The summed E-state index contributed by atoms with van der Waals surface area (Å²) >= 11 is 0. The van der Waals surface area contributed by atoms with Crippen molar-refractivity contribution in [2.45, 2.75) is 17.8 Å². The summed E-state index contributed by atoms with van der Waals surface area (Å²) in [5.74, 6) is 0.998. The summed E-state index contributed by atoms with van der Waals surface area (Å²) in [4.78, 5) is 15.4. The third-order valence-corrected chi connectivity index (χ3v) is 8.15. The molecule has 7 nitrogen and oxygen atoms in total. The lowest BCUT2D eigenvalue weighted by molar-refractivity contribution is -0.118. The highest BCUT2D eigenvalue weighted by molar-refractivity contribution is 6.10. The average molecular weight is 492 g/mol. The molecule has 1 aromatic heterocycles. The van der Waals surface area contributed by atoms with Crippen molar-refractivity contribution in [1.82, 2.24) is 15.5 Å². The summed E-state index contributed by atoms with van der Waals surface area (Å²) in [5.41, 5.74) is 6.89. The highest BCUT2D eigenvalue weighted by Crippen LogP contribution is 2.65. The molecule has 186 valence electrons. The van der Waals surface area contributed by atoms with Gasteiger partial charge in [-0.3, -0.25) is 9.89 Å². The third kappa shape index (κ3) is 3.61. The zero-order valence-corrected chi connectivity index (χ0v) is 20.8. The average Bonchev–Trinajstić information content (AvgIpc) is 3.49. The molecule has 2 atom stereocenters. The van der Waals surface area contributed by atoms with Crippen LogP contribution in [0.5, 0.6) is 5.75 Å². The van der Waals surface area contributed by atoms with Crippen molar-refractivity contribution in [2.24, 2.45) is 0 Å². The van der Waals surface area contributed by atoms with Gasteiger partial charge in [-0.15, -0.1) is 0 Å². The van der Waals surface area contributed by atoms with Crippen LogP contribution >= 0.6 is 0 Å². The Morgan fingerprint density at radius 1 is 1.03 bits per heavy atom. The van der Waals surface area contributed by atoms with Gasteiger partial charge in [0.25, 0.3) is 0 Å². The maximum Gasteiger partial charge on any atom is 0.235 e. The fourth-order valence-corrected chi connectivity index (χ4v) is 6.00. The van der Waals surface area contributed by atoms with Gasteiger partial charge in [0.05, 0.1) is 23.7 Å². The van der Waals surface area contributed by atoms with E-state index in [-0.39, 0.29) is 11.8 Å². The van der Waals surface area contributed by atoms with Crippen molar-refractivity contribution in [3.05, 3.63) is 83.0 Å². The predicted molar refractivity (Wildman–Crippen MR) is 147 cm³/mol. The van der Waals surface area contributed by atoms with E-state index in [1.165, 1.54) is 5.69 Å². The third-order valence-electron chi connectivity index (χ3n) is 8.15. The first-order chi connectivity index (χ1) is 18.2. The van der Waals surface area contributed by atoms with Crippen LogP contribution in [0.2, 0.25) is 0 Å². The molecule has 3 N–H and O–H groups in total. The minimum absolute atomic E-state index is 0.0806. The molecule has 2 aliphatic heterocycles. The van der Waals surface area contributed by atoms with Crippen molar-refractivity contribution < 1.29 is 9.53 Å². The summed E-state index contributed by atoms with van der Waals surface area (Å²) in [6.45, 7) is 4.16. The second-order valence-electron chi connectivity index (χ2n) is 10.2. The van der Waals surface area contributed by atoms with Crippen molar-refractivity contribution in [3.63, 3.8) is 0 Å². The molecule has 1 saturated carbocycles. The zero-order chi connectivity index (χ0) is 25.0. The lowest BCUT2D eigenvalue weighted by Gasteiger charge is -2.29. The van der Waals surface area contributed by atoms with Gasteiger partial charge in [-0.2, -0.15) is 5.10 Å². The molecule has 37 heavy (non-hydrogen) atoms. The highest BCUT2D eigenvalue weighted by atomic mass is 16.5. The Bertz CT molecular complexity index is 1530. The number of benzene rings is 3. The van der Waals surface area contributed by atoms with Crippen LogP contribution in [0.3, 0.4) is 0 Å². The molecule has 3 aliphatic rings. The van der Waals surface area contributed by atoms with Crippen molar-refractivity contribution >= 4 is 40.3 Å². The molecule has 0 bridgehead atoms. The first kappa shape index (κ1) is 22.1. The number of carbonyl (C=O) groups is 1. The number of aromatic nitrogens is 2. The fourth-order valence-electron chi connectivity index (χ4n) is 6.00. The van der Waals surface area contributed by atoms with Gasteiger partial charge in [-0.25, -0.2) is 0 Å². The Morgan fingerprint density at radius 3 is 2.68 bits per heavy atom. The van der Waals surface area contributed by atoms with Crippen molar-refractivity contribution in [1.29, 1.82) is 0 Å². The topological polar surface area (TPSA) is 82.3 Å². The first-order valence-electron chi connectivity index (χ1n) is 12.9. The summed E-state index contributed by atoms with van der Waals surface area (Å²) in [6.07, 6.45) is 4.97. The second kappa shape index (κ2) is 8.49. The number of nitrogens with one attached hydrogen (secondary N) is 3. The summed E-state index contributed by atoms with van der Waals surface area (Å²) < 4.78 is 5.42. The molecule has 0 unspecified atom stereocenters. The molecule has 1 spiro atoms. The lowest BCUT2D eigenvalue weighted by atomic mass is 9.91. The number of fused-ring (bicyclic) bond motifs is 3. The largest absolute Gasteiger partial charge is 0.497 e. The maximum absolute atomic E-state index is 13.0. The maximum atomic E-state index is 13.0. The van der Waals surface area contributed by atoms with E-state index in [0.29, 0.717) is 0 Å². The number of amides is 1. The van der Waals surface area contributed by atoms with Crippen LogP contribution in [0.1, 0.15) is 34.7 Å². The fraction of sp³-hybridized carbons (Fsp3) is 0.267. The smallest absolute Gasteiger partial charge is 0.235 e. The molecule has 3 aromatic carbocycles. The standard InChI is InChI=1S/C30H29N5O2/c1-37-22-8-11-27-24(17-22)30(29(36)32-27)18-25(30)20-5-9-23-26(33-34-28(23)16-20)10-4-19-2-6-21(7-3-19)35-14-12-31-13-15-35/h2-11,16-17,25,31H,12-15,18H2,1H3,(H,32,36)(H,33,34)/b10-4+/t25-,30-/m0/s1. The van der Waals surface area contributed by atoms with Gasteiger partial charge in [0.15, 0.2) is 0 Å². The summed E-state index contributed by atoms with van der Waals surface area (Å²) in [5, 5.41) is 15.3. The van der Waals surface area contributed by atoms with Crippen LogP contribution in [0.25, 0.3) is 23.1 Å². The van der Waals surface area contributed by atoms with Gasteiger partial charge in [-0.1, -0.05) is 30.3 Å². The highest BCUT2D eigenvalue weighted by Gasteiger charge is 2.65. The SMILES string of the molecule is COc1ccc2c(c1)[C@]1(C[C@H]1c1ccc3c(/C=C/c4ccc(N5CCNCC5)cc4)n[nH]c3c1)C(=O)N2. The number of rotatable bonds is 5. The van der Waals surface area contributed by atoms with E-state index in [0.717, 1.165) is 77.3 Å². The van der Waals surface area contributed by atoms with Gasteiger partial charge in [0.1, 0.15) is 5.75 Å². The van der Waals surface area contributed by atoms with Crippen LogP contribution < -0.4 is 20.3 Å². The van der Waals surface area contributed by atoms with Crippen LogP contribution in [-0.2, 0) is 10.2 Å². The molecular weight excluding hydrogens is 462 g/mol. The minimum atomic E-state index is -0.503. The van der Waals surface area contributed by atoms with Crippen molar-refractivity contribution in [3.8, 4) is 5.75 Å². The number of aromatic amines is 1. The van der Waals surface area contributed by atoms with Crippen LogP contribution in [-0.4, -0.2) is 49.4 Å². The Balaban J connectivity index is 1.11. The van der Waals surface area contributed by atoms with Crippen LogP contribution in [0.15, 0.2) is 60.7 Å². The zero-order valence-electron chi connectivity index (χ0n) is 20.8. The number of hydrogen-bond acceptors (Lipinski definition) is 5. The van der Waals surface area contributed by atoms with Gasteiger partial charge in [0.2, 0.25) is 5.91 Å². The molecule has 3 heterocycles. The van der Waals surface area contributed by atoms with Gasteiger partial charge >= 0.3 is 0 Å². The molecule has 4 aromatic rings. The molecule has 1 saturated heterocycles. The number of piperazine rings is 1. The molecule has 1 aliphatic carbocycles. The van der Waals surface area contributed by atoms with Crippen LogP contribution in [0, 0.1) is 0 Å². The second-order valence-corrected chi connectivity index (χ2v) is 10.2. The number of hydrogen-bond donors (Lipinski definition) is 3. The lowest BCUT2D eigenvalue weighted by Crippen LogP contribution is -2.43. The van der Waals surface area contributed by atoms with E-state index in [1.807, 2.05) is 18.2 Å². The Hall–Kier alpha value is -4.10.